The maximum atomic E-state index is 12.2. The molecule has 0 aliphatic heterocycles. The molecule has 0 N–H and O–H groups in total. The van der Waals surface area contributed by atoms with Crippen LogP contribution in [0.25, 0.3) is 0 Å². The van der Waals surface area contributed by atoms with Crippen molar-refractivity contribution in [3.8, 4) is 11.5 Å². The smallest absolute Gasteiger partial charge is 0.394 e. The number of benzene rings is 2. The highest BCUT2D eigenvalue weighted by Gasteiger charge is 2.13. The van der Waals surface area contributed by atoms with Gasteiger partial charge in [0.05, 0.1) is 13.2 Å². The Balaban J connectivity index is 1.99. The van der Waals surface area contributed by atoms with Crippen LogP contribution < -0.4 is 9.47 Å². The molecule has 5 nitrogen and oxygen atoms in total. The normalized spacial score (nSPS) is 10.5. The van der Waals surface area contributed by atoms with Crippen molar-refractivity contribution in [3.05, 3.63) is 59.7 Å². The molecular weight excluding hydrogens is 332 g/mol. The van der Waals surface area contributed by atoms with Gasteiger partial charge in [-0.05, 0) is 49.9 Å². The van der Waals surface area contributed by atoms with E-state index in [0.29, 0.717) is 50.8 Å². The summed E-state index contributed by atoms with van der Waals surface area (Å²) in [6.45, 7) is 6.36. The molecule has 2 rings (SSSR count). The summed E-state index contributed by atoms with van der Waals surface area (Å²) < 4.78 is 21.6. The first-order valence-electron chi connectivity index (χ1n) is 8.95. The van der Waals surface area contributed by atoms with Crippen LogP contribution >= 0.6 is 0 Å². The fourth-order valence-electron chi connectivity index (χ4n) is 2.47. The van der Waals surface area contributed by atoms with E-state index >= 15 is 0 Å². The molecule has 0 unspecified atom stereocenters. The van der Waals surface area contributed by atoms with Crippen LogP contribution in [-0.2, 0) is 22.3 Å². The molecule has 0 radical (unpaired) electrons. The maximum absolute atomic E-state index is 12.2. The van der Waals surface area contributed by atoms with Crippen molar-refractivity contribution in [2.24, 2.45) is 0 Å². The monoisotopic (exact) mass is 358 g/mol. The van der Waals surface area contributed by atoms with E-state index < -0.39 is 6.16 Å². The van der Waals surface area contributed by atoms with Crippen molar-refractivity contribution < 1.29 is 23.7 Å². The average Bonchev–Trinajstić information content (AvgIpc) is 2.65. The number of carbonyl (C=O) groups excluding carboxylic acids is 1. The molecule has 0 bridgehead atoms. The molecule has 0 saturated heterocycles. The first kappa shape index (κ1) is 19.9. The molecule has 0 aromatic heterocycles. The summed E-state index contributed by atoms with van der Waals surface area (Å²) in [5, 5.41) is 0. The highest BCUT2D eigenvalue weighted by Crippen LogP contribution is 2.22. The molecule has 0 amide bonds. The molecule has 26 heavy (non-hydrogen) atoms. The number of hydrogen-bond donors (Lipinski definition) is 0. The molecular formula is C21H26O5. The van der Waals surface area contributed by atoms with E-state index in [1.165, 1.54) is 0 Å². The molecule has 5 heteroatoms. The molecule has 0 saturated carbocycles. The second kappa shape index (κ2) is 11.3. The molecule has 0 heterocycles. The van der Waals surface area contributed by atoms with Gasteiger partial charge in [-0.1, -0.05) is 36.4 Å². The van der Waals surface area contributed by atoms with Gasteiger partial charge in [0, 0.05) is 13.2 Å². The van der Waals surface area contributed by atoms with Gasteiger partial charge in [0.15, 0.2) is 0 Å². The third-order valence-corrected chi connectivity index (χ3v) is 3.77. The fraction of sp³-hybridized carbons (Fsp3) is 0.381. The van der Waals surface area contributed by atoms with Crippen LogP contribution in [0, 0.1) is 0 Å². The molecule has 0 aliphatic carbocycles. The predicted octanol–water partition coefficient (Wildman–Crippen LogP) is 4.42. The van der Waals surface area contributed by atoms with Crippen molar-refractivity contribution >= 4 is 6.16 Å². The summed E-state index contributed by atoms with van der Waals surface area (Å²) >= 11 is 0. The Labute approximate surface area is 154 Å². The quantitative estimate of drug-likeness (QED) is 0.357. The van der Waals surface area contributed by atoms with Gasteiger partial charge < -0.3 is 18.9 Å². The lowest BCUT2D eigenvalue weighted by Crippen LogP contribution is -2.16. The Morgan fingerprint density at radius 1 is 0.731 bits per heavy atom. The molecule has 2 aromatic rings. The van der Waals surface area contributed by atoms with Gasteiger partial charge in [-0.15, -0.1) is 0 Å². The number of ether oxygens (including phenoxy) is 4. The first-order valence-corrected chi connectivity index (χ1v) is 8.95. The van der Waals surface area contributed by atoms with E-state index in [0.717, 1.165) is 11.1 Å². The van der Waals surface area contributed by atoms with Crippen LogP contribution in [0.5, 0.6) is 11.5 Å². The van der Waals surface area contributed by atoms with Crippen LogP contribution in [0.1, 0.15) is 25.0 Å². The summed E-state index contributed by atoms with van der Waals surface area (Å²) in [6, 6.07) is 14.8. The molecule has 0 spiro atoms. The third kappa shape index (κ3) is 6.50. The van der Waals surface area contributed by atoms with Crippen molar-refractivity contribution in [2.45, 2.75) is 26.7 Å². The van der Waals surface area contributed by atoms with E-state index in [2.05, 4.69) is 0 Å². The van der Waals surface area contributed by atoms with E-state index in [4.69, 9.17) is 18.9 Å². The lowest BCUT2D eigenvalue weighted by Gasteiger charge is -2.12. The Morgan fingerprint density at radius 3 is 1.58 bits per heavy atom. The molecule has 0 atom stereocenters. The van der Waals surface area contributed by atoms with Crippen molar-refractivity contribution in [2.75, 3.05) is 26.4 Å². The Hall–Kier alpha value is -2.37. The lowest BCUT2D eigenvalue weighted by atomic mass is 10.1. The largest absolute Gasteiger partial charge is 0.519 e. The average molecular weight is 358 g/mol. The van der Waals surface area contributed by atoms with Crippen LogP contribution in [0.15, 0.2) is 48.5 Å². The highest BCUT2D eigenvalue weighted by molar-refractivity contribution is 5.68. The van der Waals surface area contributed by atoms with Crippen molar-refractivity contribution in [3.63, 3.8) is 0 Å². The zero-order chi connectivity index (χ0) is 18.6. The topological polar surface area (TPSA) is 54.0 Å². The van der Waals surface area contributed by atoms with Gasteiger partial charge >= 0.3 is 6.16 Å². The summed E-state index contributed by atoms with van der Waals surface area (Å²) in [5.74, 6) is 0.980. The van der Waals surface area contributed by atoms with E-state index in [-0.39, 0.29) is 0 Å². The molecule has 0 aliphatic rings. The first-order chi connectivity index (χ1) is 12.7. The van der Waals surface area contributed by atoms with Crippen molar-refractivity contribution in [1.82, 2.24) is 0 Å². The zero-order valence-corrected chi connectivity index (χ0v) is 15.4. The van der Waals surface area contributed by atoms with Gasteiger partial charge in [0.1, 0.15) is 11.5 Å². The summed E-state index contributed by atoms with van der Waals surface area (Å²) in [5.41, 5.74) is 1.81. The summed E-state index contributed by atoms with van der Waals surface area (Å²) in [4.78, 5) is 12.2. The SMILES string of the molecule is CCOCCc1ccccc1OC(=O)Oc1ccccc1CCOCC. The van der Waals surface area contributed by atoms with Crippen LogP contribution in [0.2, 0.25) is 0 Å². The number of hydrogen-bond acceptors (Lipinski definition) is 5. The lowest BCUT2D eigenvalue weighted by molar-refractivity contribution is 0.142. The zero-order valence-electron chi connectivity index (χ0n) is 15.4. The molecule has 0 fully saturated rings. The Bertz CT molecular complexity index is 626. The molecule has 140 valence electrons. The summed E-state index contributed by atoms with van der Waals surface area (Å²) in [7, 11) is 0. The second-order valence-corrected chi connectivity index (χ2v) is 5.56. The van der Waals surface area contributed by atoms with Gasteiger partial charge in [0.2, 0.25) is 0 Å². The van der Waals surface area contributed by atoms with E-state index in [1.807, 2.05) is 50.2 Å². The van der Waals surface area contributed by atoms with Crippen molar-refractivity contribution in [1.29, 1.82) is 0 Å². The van der Waals surface area contributed by atoms with Gasteiger partial charge in [-0.2, -0.15) is 0 Å². The predicted molar refractivity (Wildman–Crippen MR) is 99.9 cm³/mol. The standard InChI is InChI=1S/C21H26O5/c1-3-23-15-13-17-9-5-7-11-19(17)25-21(22)26-20-12-8-6-10-18(20)14-16-24-4-2/h5-12H,3-4,13-16H2,1-2H3. The maximum Gasteiger partial charge on any atom is 0.519 e. The fourth-order valence-corrected chi connectivity index (χ4v) is 2.47. The van der Waals surface area contributed by atoms with E-state index in [1.54, 1.807) is 12.1 Å². The minimum atomic E-state index is -0.752. The Kier molecular flexibility index (Phi) is 8.66. The van der Waals surface area contributed by atoms with Crippen LogP contribution in [0.3, 0.4) is 0 Å². The number of para-hydroxylation sites is 2. The summed E-state index contributed by atoms with van der Waals surface area (Å²) in [6.07, 6.45) is 0.586. The van der Waals surface area contributed by atoms with Gasteiger partial charge in [-0.25, -0.2) is 4.79 Å². The third-order valence-electron chi connectivity index (χ3n) is 3.77. The Morgan fingerprint density at radius 2 is 1.15 bits per heavy atom. The minimum absolute atomic E-state index is 0.490. The van der Waals surface area contributed by atoms with Gasteiger partial charge in [0.25, 0.3) is 0 Å². The molecule has 2 aromatic carbocycles. The number of rotatable bonds is 10. The van der Waals surface area contributed by atoms with Crippen LogP contribution in [-0.4, -0.2) is 32.6 Å². The van der Waals surface area contributed by atoms with Crippen LogP contribution in [0.4, 0.5) is 4.79 Å². The highest BCUT2D eigenvalue weighted by atomic mass is 16.7. The second-order valence-electron chi connectivity index (χ2n) is 5.56. The minimum Gasteiger partial charge on any atom is -0.394 e. The van der Waals surface area contributed by atoms with Gasteiger partial charge in [-0.3, -0.25) is 0 Å². The van der Waals surface area contributed by atoms with E-state index in [9.17, 15) is 4.79 Å². The number of carbonyl (C=O) groups is 1.